The normalized spacial score (nSPS) is 14.9. The van der Waals surface area contributed by atoms with Crippen molar-refractivity contribution >= 4 is 44.5 Å². The molecule has 0 saturated heterocycles. The lowest BCUT2D eigenvalue weighted by Crippen LogP contribution is -2.31. The Morgan fingerprint density at radius 1 is 1.04 bits per heavy atom. The summed E-state index contributed by atoms with van der Waals surface area (Å²) in [7, 11) is -10.2. The van der Waals surface area contributed by atoms with Crippen molar-refractivity contribution in [1.29, 1.82) is 0 Å². The summed E-state index contributed by atoms with van der Waals surface area (Å²) >= 11 is 11.4. The molecule has 2 heterocycles. The molecule has 0 spiro atoms. The van der Waals surface area contributed by atoms with Crippen LogP contribution in [0, 0.1) is 0 Å². The van der Waals surface area contributed by atoms with Gasteiger partial charge in [-0.15, -0.1) is 0 Å². The molecular weight excluding hydrogens is 428 g/mol. The molecule has 0 aliphatic heterocycles. The van der Waals surface area contributed by atoms with Gasteiger partial charge in [-0.1, -0.05) is 54.8 Å². The van der Waals surface area contributed by atoms with Crippen molar-refractivity contribution in [3.63, 3.8) is 0 Å². The molecule has 0 aliphatic rings. The average molecular weight is 434 g/mol. The van der Waals surface area contributed by atoms with Crippen molar-refractivity contribution in [1.82, 2.24) is 14.5 Å². The average Bonchev–Trinajstić information content (AvgIpc) is 2.47. The molecule has 13 heteroatoms. The number of fused-ring (bicyclic) bond motifs is 1. The van der Waals surface area contributed by atoms with E-state index in [4.69, 9.17) is 23.2 Å². The van der Waals surface area contributed by atoms with E-state index in [1.807, 2.05) is 0 Å². The predicted molar refractivity (Wildman–Crippen MR) is 89.4 cm³/mol. The van der Waals surface area contributed by atoms with Crippen LogP contribution in [-0.4, -0.2) is 14.5 Å². The number of para-hydroxylation sites is 1. The minimum absolute atomic E-state index is 0.137. The third-order valence-corrected chi connectivity index (χ3v) is 5.16. The van der Waals surface area contributed by atoms with E-state index in [0.717, 1.165) is 18.2 Å². The summed E-state index contributed by atoms with van der Waals surface area (Å²) in [6.07, 6.45) is 0. The highest BCUT2D eigenvalue weighted by atomic mass is 35.5. The molecule has 0 radical (unpaired) electrons. The molecule has 0 atom stereocenters. The molecule has 3 aromatic rings. The van der Waals surface area contributed by atoms with Crippen molar-refractivity contribution in [2.75, 3.05) is 0 Å². The number of aromatic amines is 1. The molecule has 26 heavy (non-hydrogen) atoms. The summed E-state index contributed by atoms with van der Waals surface area (Å²) in [6, 6.07) is 3.51. The quantitative estimate of drug-likeness (QED) is 0.454. The lowest BCUT2D eigenvalue weighted by atomic mass is 10.3. The number of nitrogens with one attached hydrogen (secondary N) is 1. The summed E-state index contributed by atoms with van der Waals surface area (Å²) in [5.74, 6) is 0. The molecule has 0 fully saturated rings. The topological polar surface area (TPSA) is 67.8 Å². The van der Waals surface area contributed by atoms with Gasteiger partial charge in [0.25, 0.3) is 5.56 Å². The second-order valence-electron chi connectivity index (χ2n) is 5.16. The number of hydrogen-bond donors (Lipinski definition) is 1. The van der Waals surface area contributed by atoms with Crippen LogP contribution in [0.3, 0.4) is 0 Å². The van der Waals surface area contributed by atoms with Gasteiger partial charge in [-0.2, -0.15) is 0 Å². The Morgan fingerprint density at radius 3 is 2.27 bits per heavy atom. The van der Waals surface area contributed by atoms with E-state index in [1.165, 1.54) is 0 Å². The van der Waals surface area contributed by atoms with Gasteiger partial charge < -0.3 is 0 Å². The first-order valence-electron chi connectivity index (χ1n) is 6.53. The van der Waals surface area contributed by atoms with Gasteiger partial charge in [0.15, 0.2) is 5.65 Å². The fourth-order valence-corrected chi connectivity index (χ4v) is 3.48. The van der Waals surface area contributed by atoms with E-state index in [-0.39, 0.29) is 15.7 Å². The van der Waals surface area contributed by atoms with Gasteiger partial charge in [0.1, 0.15) is 10.0 Å². The first kappa shape index (κ1) is 18.7. The maximum atomic E-state index is 13.4. The van der Waals surface area contributed by atoms with Gasteiger partial charge in [0, 0.05) is 0 Å². The first-order chi connectivity index (χ1) is 11.7. The van der Waals surface area contributed by atoms with E-state index in [2.05, 4.69) is 4.98 Å². The number of rotatable bonds is 2. The molecule has 140 valence electrons. The minimum Gasteiger partial charge on any atom is -0.273 e. The van der Waals surface area contributed by atoms with Gasteiger partial charge in [0.05, 0.1) is 16.1 Å². The van der Waals surface area contributed by atoms with E-state index in [9.17, 15) is 29.0 Å². The van der Waals surface area contributed by atoms with E-state index in [1.54, 1.807) is 4.98 Å². The monoisotopic (exact) mass is 433 g/mol. The predicted octanol–water partition coefficient (Wildman–Crippen LogP) is 5.04. The molecular formula is C13H6Cl2F5N3O2S. The van der Waals surface area contributed by atoms with Crippen LogP contribution in [0.25, 0.3) is 16.7 Å². The summed E-state index contributed by atoms with van der Waals surface area (Å²) in [4.78, 5) is 27.1. The van der Waals surface area contributed by atoms with Gasteiger partial charge >= 0.3 is 15.9 Å². The maximum Gasteiger partial charge on any atom is 0.334 e. The van der Waals surface area contributed by atoms with Crippen LogP contribution in [0.5, 0.6) is 0 Å². The standard InChI is InChI=1S/C13H6Cl2F5N3O2S/c14-7-5-6-11(21-10(7)15)23(13(25)22-12(6)24)8-3-1-2-4-9(8)26(16,17,18,19)20/h1-5H,(H,22,24,25). The molecule has 1 N–H and O–H groups in total. The molecule has 0 unspecified atom stereocenters. The summed E-state index contributed by atoms with van der Waals surface area (Å²) in [6.45, 7) is 0. The number of aromatic nitrogens is 3. The first-order valence-corrected chi connectivity index (χ1v) is 9.24. The number of H-pyrrole nitrogens is 1. The van der Waals surface area contributed by atoms with Crippen LogP contribution in [-0.2, 0) is 0 Å². The second kappa shape index (κ2) is 4.99. The second-order valence-corrected chi connectivity index (χ2v) is 8.31. The van der Waals surface area contributed by atoms with Gasteiger partial charge in [-0.25, -0.2) is 14.3 Å². The fraction of sp³-hybridized carbons (Fsp3) is 0. The zero-order valence-electron chi connectivity index (χ0n) is 12.2. The molecule has 2 aromatic heterocycles. The molecule has 0 saturated carbocycles. The Hall–Kier alpha value is -2.11. The van der Waals surface area contributed by atoms with Crippen LogP contribution < -0.4 is 11.2 Å². The highest BCUT2D eigenvalue weighted by Gasteiger charge is 2.66. The maximum absolute atomic E-state index is 13.4. The Kier molecular flexibility index (Phi) is 3.58. The molecule has 5 nitrogen and oxygen atoms in total. The Labute approximate surface area is 150 Å². The van der Waals surface area contributed by atoms with Crippen LogP contribution in [0.4, 0.5) is 19.4 Å². The fourth-order valence-electron chi connectivity index (χ4n) is 2.30. The third kappa shape index (κ3) is 3.17. The van der Waals surface area contributed by atoms with Crippen molar-refractivity contribution in [2.24, 2.45) is 0 Å². The van der Waals surface area contributed by atoms with Crippen LogP contribution >= 0.6 is 33.4 Å². The van der Waals surface area contributed by atoms with Gasteiger partial charge in [-0.3, -0.25) is 9.78 Å². The molecule has 0 bridgehead atoms. The summed E-state index contributed by atoms with van der Waals surface area (Å²) < 4.78 is 67.2. The number of hydrogen-bond acceptors (Lipinski definition) is 3. The molecule has 1 aromatic carbocycles. The Morgan fingerprint density at radius 2 is 1.65 bits per heavy atom. The van der Waals surface area contributed by atoms with Crippen molar-refractivity contribution < 1.29 is 19.4 Å². The van der Waals surface area contributed by atoms with Crippen molar-refractivity contribution in [3.05, 3.63) is 61.3 Å². The SMILES string of the molecule is O=c1[nH]c(=O)n(-c2ccccc2S(F)(F)(F)(F)F)c2nc(Cl)c(Cl)cc12. The largest absolute Gasteiger partial charge is 0.334 e. The highest BCUT2D eigenvalue weighted by Crippen LogP contribution is 3.02. The number of pyridine rings is 1. The summed E-state index contributed by atoms with van der Waals surface area (Å²) in [5, 5.41) is -1.05. The lowest BCUT2D eigenvalue weighted by Gasteiger charge is -2.41. The third-order valence-electron chi connectivity index (χ3n) is 3.31. The van der Waals surface area contributed by atoms with Crippen LogP contribution in [0.15, 0.2) is 44.8 Å². The van der Waals surface area contributed by atoms with Crippen LogP contribution in [0.1, 0.15) is 0 Å². The van der Waals surface area contributed by atoms with E-state index >= 15 is 0 Å². The number of nitrogens with zero attached hydrogens (tertiary/aromatic N) is 2. The minimum atomic E-state index is -10.2. The molecule has 3 rings (SSSR count). The van der Waals surface area contributed by atoms with Crippen molar-refractivity contribution in [2.45, 2.75) is 4.90 Å². The Balaban J connectivity index is 2.57. The Bertz CT molecular complexity index is 1190. The molecule has 0 amide bonds. The zero-order chi connectivity index (χ0) is 19.6. The number of benzene rings is 1. The number of halogens is 7. The van der Waals surface area contributed by atoms with Crippen molar-refractivity contribution in [3.8, 4) is 5.69 Å². The van der Waals surface area contributed by atoms with E-state index < -0.39 is 48.2 Å². The highest BCUT2D eigenvalue weighted by molar-refractivity contribution is 8.45. The van der Waals surface area contributed by atoms with Gasteiger partial charge in [0.2, 0.25) is 0 Å². The van der Waals surface area contributed by atoms with Gasteiger partial charge in [-0.05, 0) is 18.2 Å². The summed E-state index contributed by atoms with van der Waals surface area (Å²) in [5.41, 5.74) is -4.27. The smallest absolute Gasteiger partial charge is 0.273 e. The molecule has 0 aliphatic carbocycles. The van der Waals surface area contributed by atoms with E-state index in [0.29, 0.717) is 6.07 Å². The van der Waals surface area contributed by atoms with Crippen LogP contribution in [0.2, 0.25) is 10.2 Å². The lowest BCUT2D eigenvalue weighted by molar-refractivity contribution is 0.363. The zero-order valence-corrected chi connectivity index (χ0v) is 14.5.